The van der Waals surface area contributed by atoms with Crippen molar-refractivity contribution in [2.24, 2.45) is 17.8 Å². The van der Waals surface area contributed by atoms with E-state index >= 15 is 0 Å². The molecule has 35 heavy (non-hydrogen) atoms. The average molecular weight is 478 g/mol. The standard InChI is InChI=1S/C29H43N5O/c1-17(2)11-21-13-22(14-21)27-31-32-28(34(27)23-8-9-23)24-15-33(18(3)4)16-25(24)29(35)30-26-10-7-19(5)12-20(26)6/h7,10,12,17-18,21-25H,8-9,11,13-16H2,1-6H3,(H,30,35)/t21?,22?,24-,25-/m0/s1. The van der Waals surface area contributed by atoms with E-state index < -0.39 is 0 Å². The summed E-state index contributed by atoms with van der Waals surface area (Å²) in [7, 11) is 0. The van der Waals surface area contributed by atoms with Crippen LogP contribution in [0.25, 0.3) is 0 Å². The molecule has 6 heteroatoms. The highest BCUT2D eigenvalue weighted by molar-refractivity contribution is 5.94. The molecule has 2 aromatic rings. The molecule has 2 atom stereocenters. The molecule has 5 rings (SSSR count). The number of aromatic nitrogens is 3. The van der Waals surface area contributed by atoms with Crippen molar-refractivity contribution in [1.82, 2.24) is 19.7 Å². The van der Waals surface area contributed by atoms with Gasteiger partial charge in [0.25, 0.3) is 0 Å². The number of carbonyl (C=O) groups is 1. The van der Waals surface area contributed by atoms with Gasteiger partial charge in [0.05, 0.1) is 5.92 Å². The Kier molecular flexibility index (Phi) is 6.77. The van der Waals surface area contributed by atoms with Crippen molar-refractivity contribution in [3.05, 3.63) is 41.0 Å². The number of hydrogen-bond donors (Lipinski definition) is 1. The van der Waals surface area contributed by atoms with Crippen LogP contribution in [0.1, 0.15) is 100 Å². The second kappa shape index (κ2) is 9.68. The summed E-state index contributed by atoms with van der Waals surface area (Å²) in [5.41, 5.74) is 3.23. The number of hydrogen-bond acceptors (Lipinski definition) is 4. The lowest BCUT2D eigenvalue weighted by Gasteiger charge is -2.36. The van der Waals surface area contributed by atoms with Crippen LogP contribution in [0.2, 0.25) is 0 Å². The zero-order valence-corrected chi connectivity index (χ0v) is 22.4. The van der Waals surface area contributed by atoms with Gasteiger partial charge in [-0.25, -0.2) is 0 Å². The van der Waals surface area contributed by atoms with Gasteiger partial charge >= 0.3 is 0 Å². The molecule has 1 amide bonds. The van der Waals surface area contributed by atoms with Crippen LogP contribution in [0.5, 0.6) is 0 Å². The third-order valence-electron chi connectivity index (χ3n) is 8.45. The van der Waals surface area contributed by atoms with Crippen molar-refractivity contribution in [2.75, 3.05) is 18.4 Å². The quantitative estimate of drug-likeness (QED) is 0.519. The highest BCUT2D eigenvalue weighted by Crippen LogP contribution is 2.48. The van der Waals surface area contributed by atoms with E-state index in [0.29, 0.717) is 18.0 Å². The molecule has 2 saturated carbocycles. The fourth-order valence-electron chi connectivity index (χ4n) is 6.32. The number of carbonyl (C=O) groups excluding carboxylic acids is 1. The first-order chi connectivity index (χ1) is 16.7. The molecular formula is C29H43N5O. The second-order valence-corrected chi connectivity index (χ2v) is 12.2. The molecule has 3 aliphatic rings. The zero-order chi connectivity index (χ0) is 24.9. The summed E-state index contributed by atoms with van der Waals surface area (Å²) in [6.07, 6.45) is 6.21. The van der Waals surface area contributed by atoms with Gasteiger partial charge in [0.1, 0.15) is 11.6 Å². The van der Waals surface area contributed by atoms with Crippen molar-refractivity contribution < 1.29 is 4.79 Å². The molecule has 6 nitrogen and oxygen atoms in total. The monoisotopic (exact) mass is 477 g/mol. The minimum atomic E-state index is -0.122. The molecule has 0 bridgehead atoms. The molecule has 0 unspecified atom stereocenters. The molecule has 2 heterocycles. The number of nitrogens with one attached hydrogen (secondary N) is 1. The summed E-state index contributed by atoms with van der Waals surface area (Å²) in [6, 6.07) is 7.15. The summed E-state index contributed by atoms with van der Waals surface area (Å²) in [4.78, 5) is 16.1. The average Bonchev–Trinajstić information content (AvgIpc) is 3.35. The highest BCUT2D eigenvalue weighted by atomic mass is 16.2. The maximum atomic E-state index is 13.7. The number of likely N-dealkylation sites (tertiary alicyclic amines) is 1. The van der Waals surface area contributed by atoms with Crippen LogP contribution >= 0.6 is 0 Å². The molecule has 0 radical (unpaired) electrons. The molecule has 190 valence electrons. The number of anilines is 1. The molecule has 2 aliphatic carbocycles. The number of rotatable bonds is 8. The van der Waals surface area contributed by atoms with Gasteiger partial charge in [-0.1, -0.05) is 31.5 Å². The largest absolute Gasteiger partial charge is 0.326 e. The summed E-state index contributed by atoms with van der Waals surface area (Å²) in [5.74, 6) is 4.43. The maximum absolute atomic E-state index is 13.7. The smallest absolute Gasteiger partial charge is 0.229 e. The van der Waals surface area contributed by atoms with Crippen LogP contribution in [0.15, 0.2) is 18.2 Å². The minimum Gasteiger partial charge on any atom is -0.326 e. The van der Waals surface area contributed by atoms with Crippen molar-refractivity contribution in [2.45, 2.75) is 97.6 Å². The van der Waals surface area contributed by atoms with Crippen molar-refractivity contribution in [1.29, 1.82) is 0 Å². The Morgan fingerprint density at radius 3 is 2.40 bits per heavy atom. The fraction of sp³-hybridized carbons (Fsp3) is 0.690. The first-order valence-electron chi connectivity index (χ1n) is 13.8. The lowest BCUT2D eigenvalue weighted by molar-refractivity contribution is -0.120. The molecule has 1 aromatic carbocycles. The van der Waals surface area contributed by atoms with Crippen molar-refractivity contribution in [3.63, 3.8) is 0 Å². The van der Waals surface area contributed by atoms with Gasteiger partial charge in [0.15, 0.2) is 0 Å². The second-order valence-electron chi connectivity index (χ2n) is 12.2. The summed E-state index contributed by atoms with van der Waals surface area (Å²) >= 11 is 0. The predicted octanol–water partition coefficient (Wildman–Crippen LogP) is 5.83. The molecular weight excluding hydrogens is 434 g/mol. The minimum absolute atomic E-state index is 0.0801. The maximum Gasteiger partial charge on any atom is 0.229 e. The van der Waals surface area contributed by atoms with Gasteiger partial charge in [-0.2, -0.15) is 0 Å². The van der Waals surface area contributed by atoms with Gasteiger partial charge in [-0.15, -0.1) is 10.2 Å². The third-order valence-corrected chi connectivity index (χ3v) is 8.45. The van der Waals surface area contributed by atoms with Crippen LogP contribution < -0.4 is 5.32 Å². The third kappa shape index (κ3) is 5.04. The molecule has 3 fully saturated rings. The Balaban J connectivity index is 1.40. The Morgan fingerprint density at radius 1 is 1.06 bits per heavy atom. The number of nitrogens with zero attached hydrogens (tertiary/aromatic N) is 4. The van der Waals surface area contributed by atoms with Crippen LogP contribution in [0, 0.1) is 31.6 Å². The van der Waals surface area contributed by atoms with Crippen LogP contribution in [-0.2, 0) is 4.79 Å². The first-order valence-corrected chi connectivity index (χ1v) is 13.8. The fourth-order valence-corrected chi connectivity index (χ4v) is 6.32. The van der Waals surface area contributed by atoms with Gasteiger partial charge in [0.2, 0.25) is 5.91 Å². The normalized spacial score (nSPS) is 27.0. The van der Waals surface area contributed by atoms with E-state index in [-0.39, 0.29) is 17.7 Å². The predicted molar refractivity (Wildman–Crippen MR) is 141 cm³/mol. The SMILES string of the molecule is Cc1ccc(NC(=O)[C@H]2CN(C(C)C)C[C@@H]2c2nnc(C3CC(CC(C)C)C3)n2C2CC2)c(C)c1. The lowest BCUT2D eigenvalue weighted by Crippen LogP contribution is -2.32. The first kappa shape index (κ1) is 24.5. The van der Waals surface area contributed by atoms with Gasteiger partial charge in [-0.05, 0) is 83.3 Å². The zero-order valence-electron chi connectivity index (χ0n) is 22.4. The molecule has 0 spiro atoms. The van der Waals surface area contributed by atoms with Crippen molar-refractivity contribution in [3.8, 4) is 0 Å². The Morgan fingerprint density at radius 2 is 1.77 bits per heavy atom. The van der Waals surface area contributed by atoms with E-state index in [4.69, 9.17) is 10.2 Å². The summed E-state index contributed by atoms with van der Waals surface area (Å²) in [6.45, 7) is 14.9. The van der Waals surface area contributed by atoms with E-state index in [1.54, 1.807) is 0 Å². The van der Waals surface area contributed by atoms with E-state index in [0.717, 1.165) is 42.0 Å². The van der Waals surface area contributed by atoms with Crippen LogP contribution in [0.3, 0.4) is 0 Å². The number of aryl methyl sites for hydroxylation is 2. The van der Waals surface area contributed by atoms with E-state index in [9.17, 15) is 4.79 Å². The van der Waals surface area contributed by atoms with E-state index in [1.165, 1.54) is 43.5 Å². The van der Waals surface area contributed by atoms with Gasteiger partial charge in [0, 0.05) is 42.7 Å². The number of benzene rings is 1. The molecule has 1 aromatic heterocycles. The Labute approximate surface area is 210 Å². The molecule has 1 saturated heterocycles. The van der Waals surface area contributed by atoms with Gasteiger partial charge in [-0.3, -0.25) is 9.69 Å². The van der Waals surface area contributed by atoms with Gasteiger partial charge < -0.3 is 9.88 Å². The highest BCUT2D eigenvalue weighted by Gasteiger charge is 2.45. The van der Waals surface area contributed by atoms with Crippen molar-refractivity contribution >= 4 is 11.6 Å². The molecule has 1 aliphatic heterocycles. The lowest BCUT2D eigenvalue weighted by atomic mass is 9.71. The Bertz CT molecular complexity index is 1060. The summed E-state index contributed by atoms with van der Waals surface area (Å²) in [5, 5.41) is 12.9. The topological polar surface area (TPSA) is 63.1 Å². The van der Waals surface area contributed by atoms with E-state index in [1.807, 2.05) is 6.07 Å². The number of amides is 1. The van der Waals surface area contributed by atoms with E-state index in [2.05, 4.69) is 68.5 Å². The summed E-state index contributed by atoms with van der Waals surface area (Å²) < 4.78 is 2.47. The molecule has 1 N–H and O–H groups in total. The van der Waals surface area contributed by atoms with Crippen LogP contribution in [0.4, 0.5) is 5.69 Å². The van der Waals surface area contributed by atoms with Crippen LogP contribution in [-0.4, -0.2) is 44.7 Å². The Hall–Kier alpha value is -2.21.